The van der Waals surface area contributed by atoms with E-state index in [0.29, 0.717) is 6.42 Å². The van der Waals surface area contributed by atoms with E-state index in [1.165, 1.54) is 0 Å². The second-order valence-corrected chi connectivity index (χ2v) is 2.69. The standard InChI is InChI=1S/C8H9NO.C3H8O.C2H6/c9-8-3-1-7(2-4-8)5-6-10;1-3-4-2;1-2/h1-4,6H,5,9H2;3H2,1-2H3;1-2H3. The van der Waals surface area contributed by atoms with E-state index in [2.05, 4.69) is 4.74 Å². The zero-order valence-electron chi connectivity index (χ0n) is 10.7. The van der Waals surface area contributed by atoms with Crippen molar-refractivity contribution in [3.8, 4) is 0 Å². The van der Waals surface area contributed by atoms with Gasteiger partial charge in [0.25, 0.3) is 0 Å². The van der Waals surface area contributed by atoms with E-state index in [1.54, 1.807) is 19.2 Å². The topological polar surface area (TPSA) is 52.3 Å². The van der Waals surface area contributed by atoms with Crippen LogP contribution < -0.4 is 5.73 Å². The smallest absolute Gasteiger partial charge is 0.124 e. The molecule has 0 atom stereocenters. The molecule has 3 nitrogen and oxygen atoms in total. The Hall–Kier alpha value is -1.35. The number of nitrogen functional groups attached to an aromatic ring is 1. The second-order valence-electron chi connectivity index (χ2n) is 2.69. The number of ether oxygens (including phenoxy) is 1. The van der Waals surface area contributed by atoms with E-state index in [0.717, 1.165) is 24.1 Å². The zero-order valence-corrected chi connectivity index (χ0v) is 10.7. The summed E-state index contributed by atoms with van der Waals surface area (Å²) < 4.78 is 4.54. The summed E-state index contributed by atoms with van der Waals surface area (Å²) in [5.41, 5.74) is 7.17. The summed E-state index contributed by atoms with van der Waals surface area (Å²) in [6.45, 7) is 6.78. The highest BCUT2D eigenvalue weighted by molar-refractivity contribution is 5.55. The van der Waals surface area contributed by atoms with Crippen molar-refractivity contribution in [1.82, 2.24) is 0 Å². The van der Waals surface area contributed by atoms with Gasteiger partial charge in [0.2, 0.25) is 0 Å². The molecule has 0 unspecified atom stereocenters. The number of carbonyl (C=O) groups is 1. The SMILES string of the molecule is CC.CCOC.Nc1ccc(CC=O)cc1. The summed E-state index contributed by atoms with van der Waals surface area (Å²) in [4.78, 5) is 10.0. The Morgan fingerprint density at radius 3 is 2.00 bits per heavy atom. The van der Waals surface area contributed by atoms with Gasteiger partial charge in [-0.05, 0) is 24.6 Å². The third kappa shape index (κ3) is 10.7. The maximum Gasteiger partial charge on any atom is 0.124 e. The quantitative estimate of drug-likeness (QED) is 0.635. The van der Waals surface area contributed by atoms with E-state index in [9.17, 15) is 4.79 Å². The third-order valence-corrected chi connectivity index (χ3v) is 1.59. The van der Waals surface area contributed by atoms with Crippen molar-refractivity contribution in [3.63, 3.8) is 0 Å². The Kier molecular flexibility index (Phi) is 14.6. The Labute approximate surface area is 98.6 Å². The normalized spacial score (nSPS) is 8.00. The van der Waals surface area contributed by atoms with Gasteiger partial charge in [-0.2, -0.15) is 0 Å². The van der Waals surface area contributed by atoms with Crippen LogP contribution in [0, 0.1) is 0 Å². The number of hydrogen-bond acceptors (Lipinski definition) is 3. The monoisotopic (exact) mass is 225 g/mol. The number of aldehydes is 1. The van der Waals surface area contributed by atoms with Crippen molar-refractivity contribution in [3.05, 3.63) is 29.8 Å². The third-order valence-electron chi connectivity index (χ3n) is 1.59. The van der Waals surface area contributed by atoms with Gasteiger partial charge < -0.3 is 15.3 Å². The van der Waals surface area contributed by atoms with Gasteiger partial charge in [-0.25, -0.2) is 0 Å². The highest BCUT2D eigenvalue weighted by Gasteiger charge is 1.88. The van der Waals surface area contributed by atoms with Gasteiger partial charge in [0.05, 0.1) is 0 Å². The summed E-state index contributed by atoms with van der Waals surface area (Å²) in [5.74, 6) is 0. The Balaban J connectivity index is 0. The van der Waals surface area contributed by atoms with E-state index >= 15 is 0 Å². The molecule has 1 aromatic carbocycles. The highest BCUT2D eigenvalue weighted by atomic mass is 16.5. The fourth-order valence-electron chi connectivity index (χ4n) is 0.750. The molecule has 92 valence electrons. The van der Waals surface area contributed by atoms with Gasteiger partial charge in [-0.15, -0.1) is 0 Å². The van der Waals surface area contributed by atoms with Crippen molar-refractivity contribution in [2.45, 2.75) is 27.2 Å². The molecule has 0 saturated heterocycles. The molecule has 0 radical (unpaired) electrons. The van der Waals surface area contributed by atoms with E-state index in [4.69, 9.17) is 5.73 Å². The van der Waals surface area contributed by atoms with Crippen LogP contribution in [-0.4, -0.2) is 20.0 Å². The molecule has 0 aliphatic heterocycles. The fourth-order valence-corrected chi connectivity index (χ4v) is 0.750. The van der Waals surface area contributed by atoms with E-state index in [1.807, 2.05) is 32.9 Å². The average molecular weight is 225 g/mol. The van der Waals surface area contributed by atoms with Gasteiger partial charge in [-0.3, -0.25) is 0 Å². The minimum Gasteiger partial charge on any atom is -0.399 e. The van der Waals surface area contributed by atoms with E-state index < -0.39 is 0 Å². The fraction of sp³-hybridized carbons (Fsp3) is 0.462. The van der Waals surface area contributed by atoms with Crippen molar-refractivity contribution in [2.75, 3.05) is 19.5 Å². The summed E-state index contributed by atoms with van der Waals surface area (Å²) in [5, 5.41) is 0. The maximum absolute atomic E-state index is 10.0. The molecular formula is C13H23NO2. The molecule has 0 heterocycles. The number of rotatable bonds is 3. The minimum absolute atomic E-state index is 0.472. The van der Waals surface area contributed by atoms with Gasteiger partial charge in [0, 0.05) is 25.8 Å². The second kappa shape index (κ2) is 13.7. The predicted octanol–water partition coefficient (Wildman–Crippen LogP) is 2.69. The summed E-state index contributed by atoms with van der Waals surface area (Å²) >= 11 is 0. The first-order valence-electron chi connectivity index (χ1n) is 5.51. The predicted molar refractivity (Wildman–Crippen MR) is 69.5 cm³/mol. The molecule has 0 aliphatic rings. The number of benzene rings is 1. The lowest BCUT2D eigenvalue weighted by Gasteiger charge is -1.94. The van der Waals surface area contributed by atoms with Crippen LogP contribution in [0.4, 0.5) is 5.69 Å². The molecule has 2 N–H and O–H groups in total. The van der Waals surface area contributed by atoms with Gasteiger partial charge in [0.15, 0.2) is 0 Å². The number of methoxy groups -OCH3 is 1. The molecular weight excluding hydrogens is 202 g/mol. The van der Waals surface area contributed by atoms with Crippen LogP contribution in [0.3, 0.4) is 0 Å². The highest BCUT2D eigenvalue weighted by Crippen LogP contribution is 2.04. The first-order valence-corrected chi connectivity index (χ1v) is 5.51. The molecule has 16 heavy (non-hydrogen) atoms. The minimum atomic E-state index is 0.472. The first-order chi connectivity index (χ1) is 7.74. The van der Waals surface area contributed by atoms with Crippen LogP contribution in [0.2, 0.25) is 0 Å². The van der Waals surface area contributed by atoms with E-state index in [-0.39, 0.29) is 0 Å². The molecule has 1 rings (SSSR count). The summed E-state index contributed by atoms with van der Waals surface area (Å²) in [7, 11) is 1.68. The van der Waals surface area contributed by atoms with Crippen LogP contribution in [0.5, 0.6) is 0 Å². The Bertz CT molecular complexity index is 243. The molecule has 0 spiro atoms. The summed E-state index contributed by atoms with van der Waals surface area (Å²) in [6, 6.07) is 7.28. The summed E-state index contributed by atoms with van der Waals surface area (Å²) in [6.07, 6.45) is 1.35. The molecule has 0 aromatic heterocycles. The van der Waals surface area contributed by atoms with Crippen LogP contribution in [-0.2, 0) is 16.0 Å². The van der Waals surface area contributed by atoms with Crippen LogP contribution in [0.25, 0.3) is 0 Å². The van der Waals surface area contributed by atoms with Crippen LogP contribution in [0.15, 0.2) is 24.3 Å². The molecule has 0 saturated carbocycles. The lowest BCUT2D eigenvalue weighted by molar-refractivity contribution is -0.107. The maximum atomic E-state index is 10.0. The lowest BCUT2D eigenvalue weighted by atomic mass is 10.1. The van der Waals surface area contributed by atoms with Crippen molar-refractivity contribution in [2.24, 2.45) is 0 Å². The number of carbonyl (C=O) groups excluding carboxylic acids is 1. The lowest BCUT2D eigenvalue weighted by Crippen LogP contribution is -1.87. The van der Waals surface area contributed by atoms with Crippen LogP contribution >= 0.6 is 0 Å². The molecule has 3 heteroatoms. The average Bonchev–Trinajstić information content (AvgIpc) is 2.35. The molecule has 0 fully saturated rings. The van der Waals surface area contributed by atoms with Gasteiger partial charge >= 0.3 is 0 Å². The number of nitrogens with two attached hydrogens (primary N) is 1. The van der Waals surface area contributed by atoms with Crippen molar-refractivity contribution >= 4 is 12.0 Å². The number of anilines is 1. The largest absolute Gasteiger partial charge is 0.399 e. The Morgan fingerprint density at radius 1 is 1.25 bits per heavy atom. The molecule has 1 aromatic rings. The van der Waals surface area contributed by atoms with Gasteiger partial charge in [0.1, 0.15) is 6.29 Å². The van der Waals surface area contributed by atoms with Crippen molar-refractivity contribution < 1.29 is 9.53 Å². The molecule has 0 amide bonds. The first kappa shape index (κ1) is 17.1. The zero-order chi connectivity index (χ0) is 12.8. The Morgan fingerprint density at radius 2 is 1.69 bits per heavy atom. The van der Waals surface area contributed by atoms with Crippen molar-refractivity contribution in [1.29, 1.82) is 0 Å². The number of hydrogen-bond donors (Lipinski definition) is 1. The van der Waals surface area contributed by atoms with Crippen LogP contribution in [0.1, 0.15) is 26.3 Å². The molecule has 0 aliphatic carbocycles. The molecule has 0 bridgehead atoms. The van der Waals surface area contributed by atoms with Gasteiger partial charge in [-0.1, -0.05) is 26.0 Å².